The zero-order valence-electron chi connectivity index (χ0n) is 11.6. The van der Waals surface area contributed by atoms with Crippen LogP contribution in [0.5, 0.6) is 5.75 Å². The van der Waals surface area contributed by atoms with E-state index in [9.17, 15) is 0 Å². The van der Waals surface area contributed by atoms with Crippen LogP contribution in [0.2, 0.25) is 0 Å². The topological polar surface area (TPSA) is 35.2 Å². The fourth-order valence-corrected chi connectivity index (χ4v) is 2.23. The number of aryl methyl sites for hydroxylation is 1. The summed E-state index contributed by atoms with van der Waals surface area (Å²) in [6.07, 6.45) is 1.84. The molecule has 1 unspecified atom stereocenters. The molecule has 0 aliphatic heterocycles. The molecule has 0 fully saturated rings. The van der Waals surface area contributed by atoms with Crippen LogP contribution in [-0.2, 0) is 12.8 Å². The summed E-state index contributed by atoms with van der Waals surface area (Å²) in [6.45, 7) is 2.16. The van der Waals surface area contributed by atoms with Crippen molar-refractivity contribution >= 4 is 0 Å². The molecular weight excluding hydrogens is 234 g/mol. The van der Waals surface area contributed by atoms with Gasteiger partial charge in [-0.2, -0.15) is 0 Å². The van der Waals surface area contributed by atoms with Gasteiger partial charge in [-0.05, 0) is 35.6 Å². The molecule has 0 saturated heterocycles. The van der Waals surface area contributed by atoms with E-state index in [0.717, 1.165) is 24.2 Å². The predicted octanol–water partition coefficient (Wildman–Crippen LogP) is 3.50. The van der Waals surface area contributed by atoms with Gasteiger partial charge in [0.2, 0.25) is 0 Å². The summed E-state index contributed by atoms with van der Waals surface area (Å²) >= 11 is 0. The molecule has 2 aromatic carbocycles. The van der Waals surface area contributed by atoms with E-state index in [4.69, 9.17) is 10.5 Å². The Morgan fingerprint density at radius 3 is 2.37 bits per heavy atom. The number of nitrogens with two attached hydrogens (primary N) is 1. The molecular formula is C17H21NO. The first-order chi connectivity index (χ1) is 9.24. The third kappa shape index (κ3) is 3.36. The molecule has 0 spiro atoms. The van der Waals surface area contributed by atoms with Gasteiger partial charge in [0.15, 0.2) is 0 Å². The highest BCUT2D eigenvalue weighted by Gasteiger charge is 2.10. The Bertz CT molecular complexity index is 519. The molecule has 2 nitrogen and oxygen atoms in total. The maximum absolute atomic E-state index is 6.29. The van der Waals surface area contributed by atoms with Crippen molar-refractivity contribution in [1.29, 1.82) is 0 Å². The van der Waals surface area contributed by atoms with Gasteiger partial charge in [-0.25, -0.2) is 0 Å². The van der Waals surface area contributed by atoms with Crippen molar-refractivity contribution in [2.45, 2.75) is 25.8 Å². The SMILES string of the molecule is CCc1ccc(C(N)Cc2ccccc2OC)cc1. The number of benzene rings is 2. The van der Waals surface area contributed by atoms with Gasteiger partial charge in [0.1, 0.15) is 5.75 Å². The summed E-state index contributed by atoms with van der Waals surface area (Å²) < 4.78 is 5.36. The Balaban J connectivity index is 2.13. The van der Waals surface area contributed by atoms with E-state index in [1.165, 1.54) is 11.1 Å². The van der Waals surface area contributed by atoms with Crippen LogP contribution in [0.3, 0.4) is 0 Å². The standard InChI is InChI=1S/C17H21NO/c1-3-13-8-10-14(11-9-13)16(18)12-15-6-4-5-7-17(15)19-2/h4-11,16H,3,12,18H2,1-2H3. The quantitative estimate of drug-likeness (QED) is 0.887. The van der Waals surface area contributed by atoms with Gasteiger partial charge in [-0.1, -0.05) is 49.4 Å². The lowest BCUT2D eigenvalue weighted by molar-refractivity contribution is 0.408. The first kappa shape index (κ1) is 13.6. The maximum atomic E-state index is 6.29. The van der Waals surface area contributed by atoms with Gasteiger partial charge in [-0.15, -0.1) is 0 Å². The number of hydrogen-bond acceptors (Lipinski definition) is 2. The summed E-state index contributed by atoms with van der Waals surface area (Å²) in [5.74, 6) is 0.906. The Hall–Kier alpha value is -1.80. The minimum absolute atomic E-state index is 0.00204. The van der Waals surface area contributed by atoms with Crippen molar-refractivity contribution in [3.8, 4) is 5.75 Å². The molecule has 0 aromatic heterocycles. The second-order valence-corrected chi connectivity index (χ2v) is 4.72. The summed E-state index contributed by atoms with van der Waals surface area (Å²) in [5, 5.41) is 0. The lowest BCUT2D eigenvalue weighted by Crippen LogP contribution is -2.13. The highest BCUT2D eigenvalue weighted by atomic mass is 16.5. The number of ether oxygens (including phenoxy) is 1. The lowest BCUT2D eigenvalue weighted by Gasteiger charge is -2.15. The van der Waals surface area contributed by atoms with Crippen molar-refractivity contribution in [2.24, 2.45) is 5.73 Å². The molecule has 0 aliphatic carbocycles. The normalized spacial score (nSPS) is 12.2. The molecule has 0 amide bonds. The Labute approximate surface area is 115 Å². The molecule has 0 bridgehead atoms. The summed E-state index contributed by atoms with van der Waals surface area (Å²) in [6, 6.07) is 16.6. The van der Waals surface area contributed by atoms with Gasteiger partial charge in [0.05, 0.1) is 7.11 Å². The van der Waals surface area contributed by atoms with Crippen LogP contribution in [0, 0.1) is 0 Å². The van der Waals surface area contributed by atoms with Gasteiger partial charge < -0.3 is 10.5 Å². The molecule has 100 valence electrons. The fourth-order valence-electron chi connectivity index (χ4n) is 2.23. The molecule has 0 aliphatic rings. The number of para-hydroxylation sites is 1. The van der Waals surface area contributed by atoms with Crippen molar-refractivity contribution in [1.82, 2.24) is 0 Å². The predicted molar refractivity (Wildman–Crippen MR) is 79.4 cm³/mol. The largest absolute Gasteiger partial charge is 0.496 e. The average Bonchev–Trinajstić information content (AvgIpc) is 2.48. The Morgan fingerprint density at radius 1 is 1.05 bits per heavy atom. The molecule has 2 rings (SSSR count). The minimum Gasteiger partial charge on any atom is -0.496 e. The molecule has 0 radical (unpaired) electrons. The van der Waals surface area contributed by atoms with Crippen LogP contribution in [0.4, 0.5) is 0 Å². The molecule has 2 aromatic rings. The van der Waals surface area contributed by atoms with Gasteiger partial charge in [-0.3, -0.25) is 0 Å². The number of methoxy groups -OCH3 is 1. The molecule has 0 saturated carbocycles. The first-order valence-electron chi connectivity index (χ1n) is 6.71. The van der Waals surface area contributed by atoms with Crippen LogP contribution in [0.1, 0.15) is 29.7 Å². The molecule has 2 heteroatoms. The first-order valence-corrected chi connectivity index (χ1v) is 6.71. The van der Waals surface area contributed by atoms with E-state index < -0.39 is 0 Å². The lowest BCUT2D eigenvalue weighted by atomic mass is 9.98. The zero-order valence-corrected chi connectivity index (χ0v) is 11.6. The van der Waals surface area contributed by atoms with E-state index in [-0.39, 0.29) is 6.04 Å². The molecule has 2 N–H and O–H groups in total. The highest BCUT2D eigenvalue weighted by molar-refractivity contribution is 5.35. The second kappa shape index (κ2) is 6.39. The van der Waals surface area contributed by atoms with E-state index in [1.807, 2.05) is 18.2 Å². The highest BCUT2D eigenvalue weighted by Crippen LogP contribution is 2.23. The number of rotatable bonds is 5. The zero-order chi connectivity index (χ0) is 13.7. The van der Waals surface area contributed by atoms with Crippen LogP contribution >= 0.6 is 0 Å². The van der Waals surface area contributed by atoms with Gasteiger partial charge in [0.25, 0.3) is 0 Å². The summed E-state index contributed by atoms with van der Waals surface area (Å²) in [5.41, 5.74) is 9.95. The minimum atomic E-state index is 0.00204. The molecule has 0 heterocycles. The summed E-state index contributed by atoms with van der Waals surface area (Å²) in [7, 11) is 1.69. The van der Waals surface area contributed by atoms with Crippen LogP contribution < -0.4 is 10.5 Å². The number of hydrogen-bond donors (Lipinski definition) is 1. The second-order valence-electron chi connectivity index (χ2n) is 4.72. The van der Waals surface area contributed by atoms with Crippen LogP contribution in [-0.4, -0.2) is 7.11 Å². The van der Waals surface area contributed by atoms with E-state index in [0.29, 0.717) is 0 Å². The van der Waals surface area contributed by atoms with E-state index >= 15 is 0 Å². The molecule has 1 atom stereocenters. The smallest absolute Gasteiger partial charge is 0.122 e. The van der Waals surface area contributed by atoms with Crippen molar-refractivity contribution < 1.29 is 4.74 Å². The fraction of sp³-hybridized carbons (Fsp3) is 0.294. The average molecular weight is 255 g/mol. The molecule has 19 heavy (non-hydrogen) atoms. The summed E-state index contributed by atoms with van der Waals surface area (Å²) in [4.78, 5) is 0. The van der Waals surface area contributed by atoms with Gasteiger partial charge >= 0.3 is 0 Å². The van der Waals surface area contributed by atoms with Gasteiger partial charge in [0, 0.05) is 6.04 Å². The van der Waals surface area contributed by atoms with Crippen molar-refractivity contribution in [3.63, 3.8) is 0 Å². The Morgan fingerprint density at radius 2 is 1.74 bits per heavy atom. The van der Waals surface area contributed by atoms with Crippen molar-refractivity contribution in [3.05, 3.63) is 65.2 Å². The van der Waals surface area contributed by atoms with E-state index in [1.54, 1.807) is 7.11 Å². The van der Waals surface area contributed by atoms with Crippen LogP contribution in [0.15, 0.2) is 48.5 Å². The van der Waals surface area contributed by atoms with E-state index in [2.05, 4.69) is 37.3 Å². The third-order valence-electron chi connectivity index (χ3n) is 3.45. The monoisotopic (exact) mass is 255 g/mol. The van der Waals surface area contributed by atoms with Crippen LogP contribution in [0.25, 0.3) is 0 Å². The maximum Gasteiger partial charge on any atom is 0.122 e. The Kier molecular flexibility index (Phi) is 4.58. The third-order valence-corrected chi connectivity index (χ3v) is 3.45. The van der Waals surface area contributed by atoms with Crippen molar-refractivity contribution in [2.75, 3.05) is 7.11 Å².